The number of halogens is 3. The van der Waals surface area contributed by atoms with Crippen molar-refractivity contribution in [1.82, 2.24) is 30.2 Å². The first-order valence-electron chi connectivity index (χ1n) is 11.4. The fourth-order valence-electron chi connectivity index (χ4n) is 5.12. The van der Waals surface area contributed by atoms with Gasteiger partial charge in [0.1, 0.15) is 0 Å². The van der Waals surface area contributed by atoms with Crippen LogP contribution < -0.4 is 10.6 Å². The maximum atomic E-state index is 13.1. The number of piperidine rings is 1. The van der Waals surface area contributed by atoms with E-state index in [2.05, 4.69) is 25.9 Å². The van der Waals surface area contributed by atoms with Gasteiger partial charge >= 0.3 is 12.2 Å². The first-order chi connectivity index (χ1) is 16.2. The molecule has 2 amide bonds. The number of amides is 2. The summed E-state index contributed by atoms with van der Waals surface area (Å²) in [5.74, 6) is 0.366. The monoisotopic (exact) mass is 473 g/mol. The summed E-state index contributed by atoms with van der Waals surface area (Å²) >= 11 is 0. The predicted octanol–water partition coefficient (Wildman–Crippen LogP) is 4.10. The highest BCUT2D eigenvalue weighted by atomic mass is 19.4. The molecule has 3 aromatic rings. The number of alkyl halides is 3. The molecule has 180 valence electrons. The van der Waals surface area contributed by atoms with E-state index >= 15 is 0 Å². The van der Waals surface area contributed by atoms with Crippen molar-refractivity contribution in [3.8, 4) is 11.1 Å². The topological polar surface area (TPSA) is 88.0 Å². The van der Waals surface area contributed by atoms with Crippen LogP contribution in [-0.2, 0) is 7.05 Å². The van der Waals surface area contributed by atoms with Gasteiger partial charge in [-0.25, -0.2) is 4.79 Å². The van der Waals surface area contributed by atoms with Gasteiger partial charge < -0.3 is 10.2 Å². The van der Waals surface area contributed by atoms with Gasteiger partial charge in [0, 0.05) is 48.9 Å². The number of urea groups is 1. The van der Waals surface area contributed by atoms with Crippen LogP contribution in [0.2, 0.25) is 0 Å². The number of rotatable bonds is 5. The van der Waals surface area contributed by atoms with E-state index in [9.17, 15) is 18.0 Å². The lowest BCUT2D eigenvalue weighted by Gasteiger charge is -2.39. The van der Waals surface area contributed by atoms with Crippen molar-refractivity contribution in [2.45, 2.75) is 56.4 Å². The second kappa shape index (κ2) is 8.86. The molecule has 0 aliphatic carbocycles. The van der Waals surface area contributed by atoms with Crippen molar-refractivity contribution >= 4 is 22.8 Å². The third kappa shape index (κ3) is 4.84. The molecular formula is C23H26F3N7O. The number of carbonyl (C=O) groups is 1. The second-order valence-electron chi connectivity index (χ2n) is 9.12. The SMILES string of the molecule is Cn1cc(-c2ccc3nnc(NC(=O)N4C5CCC4CC(NCCC(F)(F)F)C5)cc3c2)cn1. The van der Waals surface area contributed by atoms with Crippen molar-refractivity contribution in [3.05, 3.63) is 36.7 Å². The Morgan fingerprint density at radius 3 is 2.56 bits per heavy atom. The zero-order chi connectivity index (χ0) is 23.9. The zero-order valence-corrected chi connectivity index (χ0v) is 18.7. The minimum atomic E-state index is -4.16. The van der Waals surface area contributed by atoms with Gasteiger partial charge in [0.2, 0.25) is 0 Å². The van der Waals surface area contributed by atoms with E-state index in [4.69, 9.17) is 0 Å². The lowest BCUT2D eigenvalue weighted by atomic mass is 9.97. The lowest BCUT2D eigenvalue weighted by Crippen LogP contribution is -2.53. The van der Waals surface area contributed by atoms with E-state index in [0.29, 0.717) is 18.7 Å². The summed E-state index contributed by atoms with van der Waals surface area (Å²) in [6.45, 7) is -0.0898. The van der Waals surface area contributed by atoms with E-state index in [-0.39, 0.29) is 30.7 Å². The van der Waals surface area contributed by atoms with Crippen LogP contribution in [0.3, 0.4) is 0 Å². The third-order valence-electron chi connectivity index (χ3n) is 6.67. The highest BCUT2D eigenvalue weighted by Gasteiger charge is 2.43. The standard InChI is InChI=1S/C23H26F3N7O/c1-32-13-16(12-28-32)14-2-5-20-15(8-14)9-21(31-30-20)29-22(34)33-18-3-4-19(33)11-17(10-18)27-7-6-23(24,25)26/h2,5,8-9,12-13,17-19,27H,3-4,6-7,10-11H2,1H3,(H,29,31,34). The van der Waals surface area contributed by atoms with E-state index in [1.165, 1.54) is 0 Å². The molecule has 0 spiro atoms. The van der Waals surface area contributed by atoms with E-state index in [1.54, 1.807) is 16.9 Å². The van der Waals surface area contributed by atoms with Gasteiger partial charge in [0.15, 0.2) is 5.82 Å². The molecule has 2 aromatic heterocycles. The Kier molecular flexibility index (Phi) is 5.88. The van der Waals surface area contributed by atoms with Crippen molar-refractivity contribution in [3.63, 3.8) is 0 Å². The second-order valence-corrected chi connectivity index (χ2v) is 9.12. The highest BCUT2D eigenvalue weighted by Crippen LogP contribution is 2.36. The summed E-state index contributed by atoms with van der Waals surface area (Å²) in [4.78, 5) is 14.9. The smallest absolute Gasteiger partial charge is 0.318 e. The van der Waals surface area contributed by atoms with Crippen LogP contribution in [0.25, 0.3) is 22.0 Å². The molecule has 11 heteroatoms. The molecular weight excluding hydrogens is 447 g/mol. The highest BCUT2D eigenvalue weighted by molar-refractivity contribution is 5.92. The average molecular weight is 474 g/mol. The number of nitrogens with zero attached hydrogens (tertiary/aromatic N) is 5. The van der Waals surface area contributed by atoms with Crippen LogP contribution in [-0.4, -0.2) is 61.8 Å². The fourth-order valence-corrected chi connectivity index (χ4v) is 5.12. The number of nitrogens with one attached hydrogen (secondary N) is 2. The van der Waals surface area contributed by atoms with Gasteiger partial charge in [0.25, 0.3) is 0 Å². The van der Waals surface area contributed by atoms with Gasteiger partial charge in [-0.05, 0) is 49.4 Å². The number of anilines is 1. The van der Waals surface area contributed by atoms with Crippen LogP contribution in [0.4, 0.5) is 23.8 Å². The molecule has 1 aromatic carbocycles. The summed E-state index contributed by atoms with van der Waals surface area (Å²) in [5, 5.41) is 19.3. The number of aryl methyl sites for hydroxylation is 1. The number of aromatic nitrogens is 4. The van der Waals surface area contributed by atoms with Crippen LogP contribution in [0.1, 0.15) is 32.1 Å². The summed E-state index contributed by atoms with van der Waals surface area (Å²) in [6.07, 6.45) is 1.73. The summed E-state index contributed by atoms with van der Waals surface area (Å²) in [7, 11) is 1.86. The number of hydrogen-bond donors (Lipinski definition) is 2. The normalized spacial score (nSPS) is 22.4. The minimum absolute atomic E-state index is 0.00439. The summed E-state index contributed by atoms with van der Waals surface area (Å²) in [6, 6.07) is 7.39. The van der Waals surface area contributed by atoms with E-state index in [1.807, 2.05) is 36.3 Å². The number of benzene rings is 1. The molecule has 4 heterocycles. The Morgan fingerprint density at radius 2 is 1.88 bits per heavy atom. The average Bonchev–Trinajstić information content (AvgIpc) is 3.33. The van der Waals surface area contributed by atoms with Crippen LogP contribution in [0.5, 0.6) is 0 Å². The Balaban J connectivity index is 1.25. The largest absolute Gasteiger partial charge is 0.390 e. The van der Waals surface area contributed by atoms with E-state index < -0.39 is 12.6 Å². The predicted molar refractivity (Wildman–Crippen MR) is 121 cm³/mol. The zero-order valence-electron chi connectivity index (χ0n) is 18.7. The summed E-state index contributed by atoms with van der Waals surface area (Å²) < 4.78 is 39.1. The van der Waals surface area contributed by atoms with Crippen LogP contribution in [0, 0.1) is 0 Å². The van der Waals surface area contributed by atoms with Crippen LogP contribution in [0.15, 0.2) is 36.7 Å². The van der Waals surface area contributed by atoms with Crippen molar-refractivity contribution < 1.29 is 18.0 Å². The van der Waals surface area contributed by atoms with Gasteiger partial charge in [-0.2, -0.15) is 18.3 Å². The molecule has 2 N–H and O–H groups in total. The van der Waals surface area contributed by atoms with Crippen molar-refractivity contribution in [2.24, 2.45) is 7.05 Å². The quantitative estimate of drug-likeness (QED) is 0.583. The molecule has 2 atom stereocenters. The molecule has 2 fully saturated rings. The van der Waals surface area contributed by atoms with Crippen LogP contribution >= 0.6 is 0 Å². The Hall–Kier alpha value is -3.21. The third-order valence-corrected chi connectivity index (χ3v) is 6.67. The molecule has 2 aliphatic heterocycles. The Labute approximate surface area is 194 Å². The fraction of sp³-hybridized carbons (Fsp3) is 0.478. The Bertz CT molecular complexity index is 1180. The minimum Gasteiger partial charge on any atom is -0.318 e. The van der Waals surface area contributed by atoms with Gasteiger partial charge in [-0.3, -0.25) is 10.00 Å². The molecule has 2 bridgehead atoms. The molecule has 2 unspecified atom stereocenters. The first-order valence-corrected chi connectivity index (χ1v) is 11.4. The maximum absolute atomic E-state index is 13.1. The first kappa shape index (κ1) is 22.6. The molecule has 2 aliphatic rings. The molecule has 0 radical (unpaired) electrons. The van der Waals surface area contributed by atoms with Gasteiger partial charge in [0.05, 0.1) is 18.1 Å². The lowest BCUT2D eigenvalue weighted by molar-refractivity contribution is -0.133. The maximum Gasteiger partial charge on any atom is 0.390 e. The van der Waals surface area contributed by atoms with Gasteiger partial charge in [-0.15, -0.1) is 10.2 Å². The summed E-state index contributed by atoms with van der Waals surface area (Å²) in [5.41, 5.74) is 2.69. The number of hydrogen-bond acceptors (Lipinski definition) is 5. The Morgan fingerprint density at radius 1 is 1.12 bits per heavy atom. The van der Waals surface area contributed by atoms with Crippen molar-refractivity contribution in [2.75, 3.05) is 11.9 Å². The molecule has 8 nitrogen and oxygen atoms in total. The number of fused-ring (bicyclic) bond motifs is 3. The molecule has 5 rings (SSSR count). The van der Waals surface area contributed by atoms with E-state index in [0.717, 1.165) is 34.9 Å². The number of carbonyl (C=O) groups excluding carboxylic acids is 1. The molecule has 0 saturated carbocycles. The van der Waals surface area contributed by atoms with Crippen molar-refractivity contribution in [1.29, 1.82) is 0 Å². The van der Waals surface area contributed by atoms with Gasteiger partial charge in [-0.1, -0.05) is 6.07 Å². The molecule has 34 heavy (non-hydrogen) atoms. The molecule has 2 saturated heterocycles.